The summed E-state index contributed by atoms with van der Waals surface area (Å²) in [6, 6.07) is 3.36. The van der Waals surface area contributed by atoms with Gasteiger partial charge in [-0.1, -0.05) is 17.7 Å². The maximum Gasteiger partial charge on any atom is 0.416 e. The summed E-state index contributed by atoms with van der Waals surface area (Å²) in [6.45, 7) is 1.81. The molecule has 2 nitrogen and oxygen atoms in total. The van der Waals surface area contributed by atoms with Gasteiger partial charge >= 0.3 is 6.18 Å². The van der Waals surface area contributed by atoms with Crippen LogP contribution in [-0.4, -0.2) is 4.98 Å². The van der Waals surface area contributed by atoms with E-state index in [2.05, 4.69) is 4.98 Å². The van der Waals surface area contributed by atoms with Gasteiger partial charge in [0.15, 0.2) is 5.13 Å². The van der Waals surface area contributed by atoms with Crippen LogP contribution in [-0.2, 0) is 12.6 Å². The van der Waals surface area contributed by atoms with Crippen molar-refractivity contribution in [3.05, 3.63) is 44.9 Å². The predicted octanol–water partition coefficient (Wildman–Crippen LogP) is 4.30. The zero-order valence-electron chi connectivity index (χ0n) is 9.88. The normalized spacial score (nSPS) is 11.8. The molecule has 2 rings (SSSR count). The number of halogens is 4. The minimum absolute atomic E-state index is 0.0983. The van der Waals surface area contributed by atoms with Gasteiger partial charge in [0.05, 0.1) is 11.3 Å². The van der Waals surface area contributed by atoms with Crippen molar-refractivity contribution in [2.75, 3.05) is 5.73 Å². The second kappa shape index (κ2) is 5.02. The fraction of sp³-hybridized carbons (Fsp3) is 0.250. The average molecular weight is 307 g/mol. The van der Waals surface area contributed by atoms with Gasteiger partial charge in [0, 0.05) is 16.3 Å². The number of alkyl halides is 3. The van der Waals surface area contributed by atoms with Crippen molar-refractivity contribution in [3.8, 4) is 0 Å². The van der Waals surface area contributed by atoms with Crippen molar-refractivity contribution in [3.63, 3.8) is 0 Å². The van der Waals surface area contributed by atoms with E-state index in [0.717, 1.165) is 22.7 Å². The number of hydrogen-bond donors (Lipinski definition) is 1. The Bertz CT molecular complexity index is 608. The van der Waals surface area contributed by atoms with Crippen LogP contribution in [0.25, 0.3) is 0 Å². The molecule has 0 aliphatic carbocycles. The number of rotatable bonds is 2. The third-order valence-electron chi connectivity index (χ3n) is 2.64. The molecule has 0 unspecified atom stereocenters. The van der Waals surface area contributed by atoms with E-state index in [1.54, 1.807) is 6.92 Å². The highest BCUT2D eigenvalue weighted by Crippen LogP contribution is 2.33. The second-order valence-corrected chi connectivity index (χ2v) is 5.56. The number of anilines is 1. The first-order valence-corrected chi connectivity index (χ1v) is 6.54. The summed E-state index contributed by atoms with van der Waals surface area (Å²) in [6.07, 6.45) is -3.95. The Morgan fingerprint density at radius 2 is 2.05 bits per heavy atom. The Morgan fingerprint density at radius 1 is 1.37 bits per heavy atom. The number of thiazole rings is 1. The summed E-state index contributed by atoms with van der Waals surface area (Å²) in [4.78, 5) is 4.97. The van der Waals surface area contributed by atoms with Crippen LogP contribution in [0.15, 0.2) is 18.2 Å². The van der Waals surface area contributed by atoms with Crippen molar-refractivity contribution >= 4 is 28.1 Å². The van der Waals surface area contributed by atoms with Gasteiger partial charge in [0.25, 0.3) is 0 Å². The molecule has 0 atom stereocenters. The van der Waals surface area contributed by atoms with Gasteiger partial charge in [-0.3, -0.25) is 0 Å². The Labute approximate surface area is 117 Å². The van der Waals surface area contributed by atoms with Crippen LogP contribution in [0.3, 0.4) is 0 Å². The van der Waals surface area contributed by atoms with Gasteiger partial charge in [0.2, 0.25) is 0 Å². The molecule has 0 fully saturated rings. The van der Waals surface area contributed by atoms with E-state index in [1.807, 2.05) is 0 Å². The number of nitrogen functional groups attached to an aromatic ring is 1. The van der Waals surface area contributed by atoms with Crippen LogP contribution < -0.4 is 5.73 Å². The SMILES string of the molecule is Cc1nc(N)sc1Cc1ccc(C(F)(F)F)cc1Cl. The molecule has 0 spiro atoms. The lowest BCUT2D eigenvalue weighted by atomic mass is 10.1. The molecule has 1 aromatic heterocycles. The number of benzene rings is 1. The van der Waals surface area contributed by atoms with Crippen molar-refractivity contribution in [1.29, 1.82) is 0 Å². The first-order valence-electron chi connectivity index (χ1n) is 5.35. The highest BCUT2D eigenvalue weighted by Gasteiger charge is 2.30. The number of nitrogens with two attached hydrogens (primary N) is 1. The fourth-order valence-electron chi connectivity index (χ4n) is 1.65. The van der Waals surface area contributed by atoms with E-state index in [4.69, 9.17) is 17.3 Å². The van der Waals surface area contributed by atoms with Crippen LogP contribution in [0.1, 0.15) is 21.7 Å². The molecule has 0 saturated carbocycles. The Kier molecular flexibility index (Phi) is 3.73. The lowest BCUT2D eigenvalue weighted by Gasteiger charge is -2.09. The van der Waals surface area contributed by atoms with Crippen LogP contribution in [0, 0.1) is 6.92 Å². The van der Waals surface area contributed by atoms with Crippen molar-refractivity contribution in [2.45, 2.75) is 19.5 Å². The first kappa shape index (κ1) is 14.1. The third-order valence-corrected chi connectivity index (χ3v) is 3.98. The molecule has 19 heavy (non-hydrogen) atoms. The summed E-state index contributed by atoms with van der Waals surface area (Å²) >= 11 is 7.21. The molecule has 102 valence electrons. The Hall–Kier alpha value is -1.27. The molecule has 2 aromatic rings. The monoisotopic (exact) mass is 306 g/mol. The Balaban J connectivity index is 2.30. The third kappa shape index (κ3) is 3.19. The number of aryl methyl sites for hydroxylation is 1. The minimum atomic E-state index is -4.38. The zero-order chi connectivity index (χ0) is 14.2. The van der Waals surface area contributed by atoms with E-state index in [-0.39, 0.29) is 5.02 Å². The summed E-state index contributed by atoms with van der Waals surface area (Å²) in [5.74, 6) is 0. The molecule has 0 radical (unpaired) electrons. The van der Waals surface area contributed by atoms with Gasteiger partial charge < -0.3 is 5.73 Å². The smallest absolute Gasteiger partial charge is 0.375 e. The quantitative estimate of drug-likeness (QED) is 0.898. The van der Waals surface area contributed by atoms with E-state index in [0.29, 0.717) is 17.1 Å². The molecular weight excluding hydrogens is 297 g/mol. The molecule has 1 heterocycles. The van der Waals surface area contributed by atoms with Crippen LogP contribution in [0.5, 0.6) is 0 Å². The Morgan fingerprint density at radius 3 is 2.53 bits per heavy atom. The summed E-state index contributed by atoms with van der Waals surface area (Å²) in [5, 5.41) is 0.539. The molecule has 0 aliphatic heterocycles. The predicted molar refractivity (Wildman–Crippen MR) is 70.5 cm³/mol. The summed E-state index contributed by atoms with van der Waals surface area (Å²) in [5.41, 5.74) is 6.23. The molecule has 0 bridgehead atoms. The molecule has 0 amide bonds. The van der Waals surface area contributed by atoms with Crippen molar-refractivity contribution < 1.29 is 13.2 Å². The first-order chi connectivity index (χ1) is 8.77. The van der Waals surface area contributed by atoms with Gasteiger partial charge in [-0.2, -0.15) is 13.2 Å². The summed E-state index contributed by atoms with van der Waals surface area (Å²) in [7, 11) is 0. The molecular formula is C12H10ClF3N2S. The van der Waals surface area contributed by atoms with Gasteiger partial charge in [0.1, 0.15) is 0 Å². The van der Waals surface area contributed by atoms with Gasteiger partial charge in [-0.15, -0.1) is 11.3 Å². The van der Waals surface area contributed by atoms with E-state index < -0.39 is 11.7 Å². The van der Waals surface area contributed by atoms with Crippen LogP contribution >= 0.6 is 22.9 Å². The average Bonchev–Trinajstić information content (AvgIpc) is 2.59. The molecule has 7 heteroatoms. The van der Waals surface area contributed by atoms with Crippen LogP contribution in [0.4, 0.5) is 18.3 Å². The lowest BCUT2D eigenvalue weighted by Crippen LogP contribution is -2.05. The highest BCUT2D eigenvalue weighted by molar-refractivity contribution is 7.15. The minimum Gasteiger partial charge on any atom is -0.375 e. The molecule has 0 aliphatic rings. The maximum absolute atomic E-state index is 12.5. The molecule has 2 N–H and O–H groups in total. The number of hydrogen-bond acceptors (Lipinski definition) is 3. The molecule has 0 saturated heterocycles. The van der Waals surface area contributed by atoms with Gasteiger partial charge in [-0.25, -0.2) is 4.98 Å². The van der Waals surface area contributed by atoms with Crippen molar-refractivity contribution in [1.82, 2.24) is 4.98 Å². The van der Waals surface area contributed by atoms with E-state index in [9.17, 15) is 13.2 Å². The zero-order valence-corrected chi connectivity index (χ0v) is 11.5. The van der Waals surface area contributed by atoms with E-state index >= 15 is 0 Å². The fourth-order valence-corrected chi connectivity index (χ4v) is 2.76. The largest absolute Gasteiger partial charge is 0.416 e. The molecule has 1 aromatic carbocycles. The van der Waals surface area contributed by atoms with Gasteiger partial charge in [-0.05, 0) is 24.6 Å². The topological polar surface area (TPSA) is 38.9 Å². The lowest BCUT2D eigenvalue weighted by molar-refractivity contribution is -0.137. The number of nitrogens with zero attached hydrogens (tertiary/aromatic N) is 1. The second-order valence-electron chi connectivity index (χ2n) is 4.04. The van der Waals surface area contributed by atoms with Crippen molar-refractivity contribution in [2.24, 2.45) is 0 Å². The maximum atomic E-state index is 12.5. The standard InChI is InChI=1S/C12H10ClF3N2S/c1-6-10(19-11(17)18-6)4-7-2-3-8(5-9(7)13)12(14,15)16/h2-3,5H,4H2,1H3,(H2,17,18). The summed E-state index contributed by atoms with van der Waals surface area (Å²) < 4.78 is 37.5. The van der Waals surface area contributed by atoms with E-state index in [1.165, 1.54) is 17.4 Å². The highest BCUT2D eigenvalue weighted by atomic mass is 35.5. The van der Waals surface area contributed by atoms with Crippen LogP contribution in [0.2, 0.25) is 5.02 Å². The number of aromatic nitrogens is 1.